The van der Waals surface area contributed by atoms with E-state index in [4.69, 9.17) is 22.7 Å². The van der Waals surface area contributed by atoms with Crippen LogP contribution in [0.2, 0.25) is 5.02 Å². The normalized spacial score (nSPS) is 21.1. The maximum atomic E-state index is 9.60. The van der Waals surface area contributed by atoms with Crippen LogP contribution >= 0.6 is 11.6 Å². The second kappa shape index (κ2) is 5.16. The monoisotopic (exact) mass is 267 g/mol. The van der Waals surface area contributed by atoms with Crippen LogP contribution in [0.3, 0.4) is 0 Å². The zero-order valence-corrected chi connectivity index (χ0v) is 11.1. The number of aliphatic hydroxyl groups is 1. The Hall–Kier alpha value is -1.26. The van der Waals surface area contributed by atoms with Gasteiger partial charge in [0.2, 0.25) is 0 Å². The Morgan fingerprint density at radius 1 is 1.61 bits per heavy atom. The molecule has 1 saturated heterocycles. The van der Waals surface area contributed by atoms with Gasteiger partial charge in [0.05, 0.1) is 16.8 Å². The van der Waals surface area contributed by atoms with Crippen LogP contribution in [-0.2, 0) is 0 Å². The highest BCUT2D eigenvalue weighted by molar-refractivity contribution is 6.33. The Morgan fingerprint density at radius 2 is 2.33 bits per heavy atom. The standard InChI is InChI=1S/C13H18ClN3O/c1-8(18)10-4-5-17(7-10)12-3-2-9(13(15)16)6-11(12)14/h2-3,6,8,10,18H,4-5,7H2,1H3,(H3,15,16). The van der Waals surface area contributed by atoms with Crippen molar-refractivity contribution in [1.82, 2.24) is 0 Å². The molecule has 0 radical (unpaired) electrons. The molecular weight excluding hydrogens is 250 g/mol. The third-order valence-electron chi connectivity index (χ3n) is 3.51. The van der Waals surface area contributed by atoms with Crippen molar-refractivity contribution < 1.29 is 5.11 Å². The number of anilines is 1. The molecule has 0 amide bonds. The summed E-state index contributed by atoms with van der Waals surface area (Å²) in [6.45, 7) is 3.54. The van der Waals surface area contributed by atoms with Crippen LogP contribution < -0.4 is 10.6 Å². The number of hydrogen-bond donors (Lipinski definition) is 3. The van der Waals surface area contributed by atoms with E-state index in [0.717, 1.165) is 25.2 Å². The zero-order valence-electron chi connectivity index (χ0n) is 10.4. The maximum Gasteiger partial charge on any atom is 0.122 e. The molecule has 1 heterocycles. The highest BCUT2D eigenvalue weighted by Gasteiger charge is 2.27. The number of nitrogen functional groups attached to an aromatic ring is 1. The summed E-state index contributed by atoms with van der Waals surface area (Å²) in [4.78, 5) is 2.17. The number of benzene rings is 1. The highest BCUT2D eigenvalue weighted by Crippen LogP contribution is 2.32. The minimum Gasteiger partial charge on any atom is -0.393 e. The molecular formula is C13H18ClN3O. The van der Waals surface area contributed by atoms with E-state index in [-0.39, 0.29) is 11.9 Å². The first-order valence-electron chi connectivity index (χ1n) is 6.06. The molecule has 2 unspecified atom stereocenters. The second-order valence-electron chi connectivity index (χ2n) is 4.82. The predicted molar refractivity (Wildman–Crippen MR) is 74.5 cm³/mol. The van der Waals surface area contributed by atoms with E-state index in [1.165, 1.54) is 0 Å². The van der Waals surface area contributed by atoms with E-state index in [9.17, 15) is 5.11 Å². The molecule has 0 aliphatic carbocycles. The Bertz CT molecular complexity index is 462. The van der Waals surface area contributed by atoms with Gasteiger partial charge >= 0.3 is 0 Å². The summed E-state index contributed by atoms with van der Waals surface area (Å²) >= 11 is 6.22. The zero-order chi connectivity index (χ0) is 13.3. The summed E-state index contributed by atoms with van der Waals surface area (Å²) < 4.78 is 0. The van der Waals surface area contributed by atoms with Crippen LogP contribution in [0.4, 0.5) is 5.69 Å². The summed E-state index contributed by atoms with van der Waals surface area (Å²) in [6, 6.07) is 5.41. The minimum atomic E-state index is -0.287. The summed E-state index contributed by atoms with van der Waals surface area (Å²) in [5.41, 5.74) is 7.01. The molecule has 4 N–H and O–H groups in total. The number of rotatable bonds is 3. The molecule has 1 aliphatic rings. The maximum absolute atomic E-state index is 9.60. The Morgan fingerprint density at radius 3 is 2.83 bits per heavy atom. The average Bonchev–Trinajstić information content (AvgIpc) is 2.78. The lowest BCUT2D eigenvalue weighted by Gasteiger charge is -2.21. The summed E-state index contributed by atoms with van der Waals surface area (Å²) in [7, 11) is 0. The van der Waals surface area contributed by atoms with Gasteiger partial charge in [-0.1, -0.05) is 11.6 Å². The van der Waals surface area contributed by atoms with Crippen molar-refractivity contribution in [2.75, 3.05) is 18.0 Å². The third kappa shape index (κ3) is 2.60. The predicted octanol–water partition coefficient (Wildman–Crippen LogP) is 1.83. The van der Waals surface area contributed by atoms with Gasteiger partial charge in [0, 0.05) is 24.6 Å². The smallest absolute Gasteiger partial charge is 0.122 e. The fourth-order valence-corrected chi connectivity index (χ4v) is 2.63. The number of halogens is 1. The Balaban J connectivity index is 2.18. The molecule has 0 bridgehead atoms. The van der Waals surface area contributed by atoms with Crippen molar-refractivity contribution in [3.63, 3.8) is 0 Å². The summed E-state index contributed by atoms with van der Waals surface area (Å²) in [6.07, 6.45) is 0.688. The first-order chi connectivity index (χ1) is 8.49. The van der Waals surface area contributed by atoms with Gasteiger partial charge in [0.1, 0.15) is 5.84 Å². The molecule has 1 aromatic carbocycles. The first-order valence-corrected chi connectivity index (χ1v) is 6.44. The van der Waals surface area contributed by atoms with Crippen molar-refractivity contribution in [3.8, 4) is 0 Å². The first kappa shape index (κ1) is 13.2. The molecule has 2 atom stereocenters. The highest BCUT2D eigenvalue weighted by atomic mass is 35.5. The van der Waals surface area contributed by atoms with Gasteiger partial charge in [-0.15, -0.1) is 0 Å². The van der Waals surface area contributed by atoms with Crippen LogP contribution in [0.5, 0.6) is 0 Å². The van der Waals surface area contributed by atoms with Gasteiger partial charge in [-0.3, -0.25) is 5.41 Å². The number of aliphatic hydroxyl groups excluding tert-OH is 1. The van der Waals surface area contributed by atoms with E-state index in [1.807, 2.05) is 13.0 Å². The van der Waals surface area contributed by atoms with Crippen LogP contribution in [-0.4, -0.2) is 30.1 Å². The molecule has 1 fully saturated rings. The molecule has 1 aromatic rings. The Labute approximate surface area is 112 Å². The molecule has 1 aliphatic heterocycles. The van der Waals surface area contributed by atoms with Gasteiger partial charge in [-0.25, -0.2) is 0 Å². The fraction of sp³-hybridized carbons (Fsp3) is 0.462. The van der Waals surface area contributed by atoms with Gasteiger partial charge in [-0.2, -0.15) is 0 Å². The minimum absolute atomic E-state index is 0.0201. The van der Waals surface area contributed by atoms with E-state index < -0.39 is 0 Å². The number of hydrogen-bond acceptors (Lipinski definition) is 3. The average molecular weight is 268 g/mol. The van der Waals surface area contributed by atoms with Crippen molar-refractivity contribution in [3.05, 3.63) is 28.8 Å². The Kier molecular flexibility index (Phi) is 3.78. The van der Waals surface area contributed by atoms with E-state index >= 15 is 0 Å². The van der Waals surface area contributed by atoms with Crippen molar-refractivity contribution in [2.24, 2.45) is 11.7 Å². The molecule has 2 rings (SSSR count). The molecule has 4 nitrogen and oxygen atoms in total. The van der Waals surface area contributed by atoms with E-state index in [2.05, 4.69) is 4.90 Å². The van der Waals surface area contributed by atoms with E-state index in [1.54, 1.807) is 12.1 Å². The molecule has 0 saturated carbocycles. The summed E-state index contributed by atoms with van der Waals surface area (Å²) in [5.74, 6) is 0.320. The quantitative estimate of drug-likeness (QED) is 0.578. The number of nitrogens with one attached hydrogen (secondary N) is 1. The number of nitrogens with two attached hydrogens (primary N) is 1. The van der Waals surface area contributed by atoms with Crippen LogP contribution in [0, 0.1) is 11.3 Å². The van der Waals surface area contributed by atoms with Crippen LogP contribution in [0.15, 0.2) is 18.2 Å². The second-order valence-corrected chi connectivity index (χ2v) is 5.22. The molecule has 0 aromatic heterocycles. The lowest BCUT2D eigenvalue weighted by Crippen LogP contribution is -2.24. The summed E-state index contributed by atoms with van der Waals surface area (Å²) in [5, 5.41) is 17.6. The third-order valence-corrected chi connectivity index (χ3v) is 3.81. The lowest BCUT2D eigenvalue weighted by molar-refractivity contribution is 0.136. The van der Waals surface area contributed by atoms with E-state index in [0.29, 0.717) is 16.5 Å². The van der Waals surface area contributed by atoms with Gasteiger partial charge in [0.15, 0.2) is 0 Å². The van der Waals surface area contributed by atoms with Crippen LogP contribution in [0.1, 0.15) is 18.9 Å². The lowest BCUT2D eigenvalue weighted by atomic mass is 10.0. The van der Waals surface area contributed by atoms with Crippen molar-refractivity contribution in [2.45, 2.75) is 19.4 Å². The molecule has 18 heavy (non-hydrogen) atoms. The van der Waals surface area contributed by atoms with Gasteiger partial charge in [-0.05, 0) is 31.5 Å². The molecule has 0 spiro atoms. The number of nitrogens with zero attached hydrogens (tertiary/aromatic N) is 1. The van der Waals surface area contributed by atoms with Crippen molar-refractivity contribution >= 4 is 23.1 Å². The largest absolute Gasteiger partial charge is 0.393 e. The topological polar surface area (TPSA) is 73.3 Å². The SMILES string of the molecule is CC(O)C1CCN(c2ccc(C(=N)N)cc2Cl)C1. The number of amidine groups is 1. The van der Waals surface area contributed by atoms with Crippen LogP contribution in [0.25, 0.3) is 0 Å². The van der Waals surface area contributed by atoms with Crippen molar-refractivity contribution in [1.29, 1.82) is 5.41 Å². The van der Waals surface area contributed by atoms with Gasteiger partial charge in [0.25, 0.3) is 0 Å². The molecule has 98 valence electrons. The van der Waals surface area contributed by atoms with Gasteiger partial charge < -0.3 is 15.7 Å². The fourth-order valence-electron chi connectivity index (χ4n) is 2.33. The molecule has 5 heteroatoms.